The van der Waals surface area contributed by atoms with E-state index in [9.17, 15) is 72.9 Å². The van der Waals surface area contributed by atoms with Gasteiger partial charge in [0.1, 0.15) is 83.8 Å². The van der Waals surface area contributed by atoms with Gasteiger partial charge < -0.3 is 65.6 Å². The van der Waals surface area contributed by atoms with Crippen LogP contribution in [0.4, 0.5) is 0 Å². The van der Waals surface area contributed by atoms with E-state index in [-0.39, 0.29) is 144 Å². The van der Waals surface area contributed by atoms with Gasteiger partial charge in [-0.1, -0.05) is 194 Å². The van der Waals surface area contributed by atoms with E-state index >= 15 is 0 Å². The fourth-order valence-corrected chi connectivity index (χ4v) is 18.2. The van der Waals surface area contributed by atoms with Gasteiger partial charge in [-0.15, -0.1) is 0 Å². The Bertz CT molecular complexity index is 5100. The molecule has 6 aliphatic heterocycles. The monoisotopic (exact) mass is 1980 g/mol. The van der Waals surface area contributed by atoms with Crippen molar-refractivity contribution in [1.29, 1.82) is 0 Å². The first kappa shape index (κ1) is 118. The molecule has 0 unspecified atom stereocenters. The average Bonchev–Trinajstić information content (AvgIpc) is 0.824. The van der Waals surface area contributed by atoms with E-state index in [0.29, 0.717) is 119 Å². The average molecular weight is 1980 g/mol. The summed E-state index contributed by atoms with van der Waals surface area (Å²) in [6, 6.07) is 32.5. The highest BCUT2D eigenvalue weighted by molar-refractivity contribution is 5.95. The number of methoxy groups -OCH3 is 3. The van der Waals surface area contributed by atoms with Gasteiger partial charge in [0.15, 0.2) is 0 Å². The molecular weight excluding hydrogens is 1820 g/mol. The van der Waals surface area contributed by atoms with Gasteiger partial charge in [-0.25, -0.2) is 16.3 Å². The summed E-state index contributed by atoms with van der Waals surface area (Å²) in [6.07, 6.45) is 19.5. The molecule has 12 bridgehead atoms. The van der Waals surface area contributed by atoms with Gasteiger partial charge >= 0.3 is 11.9 Å². The molecule has 0 aliphatic carbocycles. The number of hydrogen-bond donors (Lipinski definition) is 11. The van der Waals surface area contributed by atoms with Crippen LogP contribution in [-0.2, 0) is 107 Å². The smallest absolute Gasteiger partial charge is 0.325 e. The van der Waals surface area contributed by atoms with E-state index in [1.54, 1.807) is 89.0 Å². The predicted octanol–water partition coefficient (Wildman–Crippen LogP) is 14.0. The second-order valence-electron chi connectivity index (χ2n) is 38.5. The van der Waals surface area contributed by atoms with Crippen LogP contribution in [0.2, 0.25) is 0 Å². The fourth-order valence-electron chi connectivity index (χ4n) is 18.2. The lowest BCUT2D eigenvalue weighted by atomic mass is 9.84. The second-order valence-corrected chi connectivity index (χ2v) is 38.5. The maximum absolute atomic E-state index is 14.1. The molecule has 5 aromatic carbocycles. The number of aromatic nitrogens is 1. The molecule has 3 fully saturated rings. The van der Waals surface area contributed by atoms with Crippen molar-refractivity contribution >= 4 is 89.0 Å². The molecule has 0 saturated carbocycles. The molecule has 0 radical (unpaired) electrons. The summed E-state index contributed by atoms with van der Waals surface area (Å²) < 4.78 is 28.6. The van der Waals surface area contributed by atoms with Crippen molar-refractivity contribution in [3.05, 3.63) is 208 Å². The van der Waals surface area contributed by atoms with E-state index in [0.717, 1.165) is 27.8 Å². The number of amides is 8. The van der Waals surface area contributed by atoms with E-state index in [1.807, 2.05) is 160 Å². The SMILES string of the molecule is C.C.C.CO[C@@H]1CC/C=C/c2cccc(c2)[C@@H](C)NC(=O)[C@@H]2CCCN(N2)C(=O)[C@H](Cc2cccc(O)c2)NC(=O)[C@H](C(C)C)CC(=O)[C@@H]1C.CO[C@@H]1CC/C=C/c2cccc(c2)[C@@H](C)OC(=O)[C@@H]2CCCN(N2)C(=O)[C@H](Cc2cccc(O)c2)NC(=O)[C@H](C(C)C)NC(=O)[C@@H]1C.CO[C@@H]1CC/C=C/c2ccnc(c2)COC(=O)[C@@H]2CCCN(N2)C(=O)[C@H](Cc2cccc(O)c2)NC(=O)[C@H](C(C)C)CC(=O)[C@@H]1C. The number of hydrogen-bond acceptors (Lipinski definition) is 24. The number of ketones is 2. The number of Topliss-reactive ketones (excluding diaryl/α,β-unsaturated/α-hetero) is 2. The minimum atomic E-state index is -1.06. The number of rotatable bonds is 12. The second kappa shape index (κ2) is 57.8. The lowest BCUT2D eigenvalue weighted by Crippen LogP contribution is -2.62. The van der Waals surface area contributed by atoms with Crippen LogP contribution in [0.25, 0.3) is 18.2 Å². The highest BCUT2D eigenvalue weighted by Crippen LogP contribution is 2.31. The molecular formula is C111H156N12O20. The fraction of sp³-hybridized carbons (Fsp3) is 0.523. The van der Waals surface area contributed by atoms with Gasteiger partial charge in [0.25, 0.3) is 17.7 Å². The van der Waals surface area contributed by atoms with Crippen LogP contribution in [-0.4, -0.2) is 208 Å². The molecule has 8 amide bonds. The number of fused-ring (bicyclic) bond motifs is 12. The Morgan fingerprint density at radius 3 is 1.21 bits per heavy atom. The molecule has 11 N–H and O–H groups in total. The number of nitrogens with one attached hydrogen (secondary N) is 8. The number of cyclic esters (lactones) is 2. The van der Waals surface area contributed by atoms with Crippen molar-refractivity contribution in [3.63, 3.8) is 0 Å². The molecule has 3 saturated heterocycles. The summed E-state index contributed by atoms with van der Waals surface area (Å²) in [4.78, 5) is 168. The summed E-state index contributed by atoms with van der Waals surface area (Å²) in [6.45, 7) is 21.4. The zero-order chi connectivity index (χ0) is 101. The number of allylic oxidation sites excluding steroid dienone is 3. The normalized spacial score (nSPS) is 26.7. The molecule has 143 heavy (non-hydrogen) atoms. The zero-order valence-corrected chi connectivity index (χ0v) is 83.2. The number of hydrazine groups is 3. The van der Waals surface area contributed by atoms with Crippen LogP contribution in [0.1, 0.15) is 251 Å². The van der Waals surface area contributed by atoms with Crippen LogP contribution in [0.5, 0.6) is 17.2 Å². The maximum Gasteiger partial charge on any atom is 0.325 e. The first-order chi connectivity index (χ1) is 67.0. The minimum absolute atomic E-state index is 0. The number of carbonyl (C=O) groups excluding carboxylic acids is 12. The van der Waals surface area contributed by atoms with Crippen LogP contribution >= 0.6 is 0 Å². The van der Waals surface area contributed by atoms with Gasteiger partial charge in [0.05, 0.1) is 36.0 Å². The minimum Gasteiger partial charge on any atom is -0.508 e. The van der Waals surface area contributed by atoms with Gasteiger partial charge in [-0.3, -0.25) is 77.5 Å². The van der Waals surface area contributed by atoms with Crippen molar-refractivity contribution < 1.29 is 96.5 Å². The Morgan fingerprint density at radius 1 is 0.406 bits per heavy atom. The topological polar surface area (TPSA) is 431 Å². The number of ether oxygens (including phenoxy) is 5. The van der Waals surface area contributed by atoms with E-state index < -0.39 is 126 Å². The largest absolute Gasteiger partial charge is 0.508 e. The van der Waals surface area contributed by atoms with Crippen LogP contribution < -0.4 is 42.9 Å². The Labute approximate surface area is 844 Å². The predicted molar refractivity (Wildman–Crippen MR) is 550 cm³/mol. The van der Waals surface area contributed by atoms with E-state index in [2.05, 4.69) is 53.9 Å². The first-order valence-electron chi connectivity index (χ1n) is 49.2. The number of phenolic OH excluding ortho intramolecular Hbond substituents is 3. The number of esters is 2. The molecule has 12 rings (SSSR count). The molecule has 7 heterocycles. The van der Waals surface area contributed by atoms with E-state index in [1.165, 1.54) is 33.2 Å². The number of phenols is 3. The lowest BCUT2D eigenvalue weighted by Gasteiger charge is -2.36. The van der Waals surface area contributed by atoms with Gasteiger partial charge in [0, 0.05) is 103 Å². The first-order valence-corrected chi connectivity index (χ1v) is 49.2. The molecule has 32 heteroatoms. The Hall–Kier alpha value is -12.3. The van der Waals surface area contributed by atoms with Crippen molar-refractivity contribution in [1.82, 2.24) is 62.9 Å². The lowest BCUT2D eigenvalue weighted by molar-refractivity contribution is -0.157. The third kappa shape index (κ3) is 35.0. The zero-order valence-electron chi connectivity index (χ0n) is 83.2. The third-order valence-corrected chi connectivity index (χ3v) is 26.9. The standard InChI is InChI=1S/C37H50N4O6.C36H48N4O7.C35H46N4O7.3CH4/c1-23(2)30-22-33(43)24(3)34(47-5)17-7-6-11-26-12-8-14-28(19-26)25(4)38-36(45)31-16-10-18-41(40-31)37(46)32(39-35(30)44)21-27-13-9-15-29(42)20-27;1-22(2)32-34(43)37-30(21-26-13-9-15-28(41)20-26)35(44)40-18-10-16-29(39-40)36(45)47-24(4)27-14-8-12-25(19-27)11-6-7-17-31(46-5)23(3)33(42)38-32;1-22(2)28-20-31(41)23(3)32(45-4)13-6-5-9-24-14-15-36-26(17-24)21-46-35(44)29-12-8-16-39(38-29)34(43)30(37-33(28)42)19-25-10-7-11-27(40)18-25;;;/h6,8-9,11-15,19-20,23-25,30-32,34,40,42H,7,10,16-18,21-22H2,1-5H3,(H,38,45)(H,39,44);6,8-9,11-15,19-20,22-24,29-32,39,41H,7,10,16-18,21H2,1-5H3,(H,37,43)(H,38,42);5,7,9-11,14-15,17-18,22-23,28-30,32,38,40H,6,8,12-13,16,19-21H2,1-4H3,(H,37,42);3*1H4/b2*11-6+;9-5+;;;/t24-,25+,30-,31-,32-,34+;23-,24-,29+,30+,31-,32+;23-,28-,29-,30-,32+;;;/m010.../s1. The molecule has 6 aliphatic rings. The molecule has 1 aromatic heterocycles. The Morgan fingerprint density at radius 2 is 0.790 bits per heavy atom. The summed E-state index contributed by atoms with van der Waals surface area (Å²) in [5.74, 6) is -7.53. The number of benzene rings is 5. The van der Waals surface area contributed by atoms with Crippen LogP contribution in [0.15, 0.2) is 158 Å². The molecule has 17 atom stereocenters. The van der Waals surface area contributed by atoms with E-state index in [4.69, 9.17) is 23.7 Å². The molecule has 32 nitrogen and oxygen atoms in total. The Balaban J connectivity index is 0.000000288. The number of carbonyl (C=O) groups is 12. The van der Waals surface area contributed by atoms with Crippen LogP contribution in [0.3, 0.4) is 0 Å². The molecule has 0 spiro atoms. The maximum atomic E-state index is 14.1. The third-order valence-electron chi connectivity index (χ3n) is 26.9. The van der Waals surface area contributed by atoms with Gasteiger partial charge in [-0.2, -0.15) is 0 Å². The van der Waals surface area contributed by atoms with Crippen molar-refractivity contribution in [2.45, 2.75) is 287 Å². The van der Waals surface area contributed by atoms with Crippen molar-refractivity contribution in [2.75, 3.05) is 41.0 Å². The quantitative estimate of drug-likeness (QED) is 0.0507. The number of pyridine rings is 1. The van der Waals surface area contributed by atoms with Gasteiger partial charge in [0.2, 0.25) is 29.5 Å². The number of nitrogens with zero attached hydrogens (tertiary/aromatic N) is 4. The van der Waals surface area contributed by atoms with Crippen LogP contribution in [0, 0.1) is 47.3 Å². The molecule has 780 valence electrons. The Kier molecular flexibility index (Phi) is 47.6. The van der Waals surface area contributed by atoms with Crippen molar-refractivity contribution in [3.8, 4) is 17.2 Å². The highest BCUT2D eigenvalue weighted by Gasteiger charge is 2.42. The summed E-state index contributed by atoms with van der Waals surface area (Å²) in [5.41, 5.74) is 16.3. The summed E-state index contributed by atoms with van der Waals surface area (Å²) in [7, 11) is 4.75. The van der Waals surface area contributed by atoms with Crippen molar-refractivity contribution in [2.24, 2.45) is 47.3 Å². The molecule has 6 aromatic rings. The highest BCUT2D eigenvalue weighted by atomic mass is 16.5. The summed E-state index contributed by atoms with van der Waals surface area (Å²) >= 11 is 0. The number of aromatic hydroxyl groups is 3. The summed E-state index contributed by atoms with van der Waals surface area (Å²) in [5, 5.41) is 49.1. The van der Waals surface area contributed by atoms with Gasteiger partial charge in [-0.05, 0) is 214 Å².